The molecule has 2 aromatic carbocycles. The molecule has 1 N–H and O–H groups in total. The molecule has 0 radical (unpaired) electrons. The van der Waals surface area contributed by atoms with Crippen molar-refractivity contribution in [1.29, 1.82) is 0 Å². The van der Waals surface area contributed by atoms with Gasteiger partial charge in [0, 0.05) is 24.9 Å². The van der Waals surface area contributed by atoms with Gasteiger partial charge in [-0.2, -0.15) is 0 Å². The first-order valence-electron chi connectivity index (χ1n) is 10.0. The second kappa shape index (κ2) is 10.2. The zero-order valence-electron chi connectivity index (χ0n) is 16.4. The van der Waals surface area contributed by atoms with Gasteiger partial charge >= 0.3 is 5.97 Å². The molecular formula is C23H28N2O3. The van der Waals surface area contributed by atoms with Crippen molar-refractivity contribution >= 4 is 11.8 Å². The Morgan fingerprint density at radius 2 is 1.82 bits per heavy atom. The number of nitrogens with one attached hydrogen (secondary N) is 1. The molecule has 0 aromatic heterocycles. The van der Waals surface area contributed by atoms with Crippen molar-refractivity contribution in [1.82, 2.24) is 10.4 Å². The second-order valence-electron chi connectivity index (χ2n) is 7.22. The van der Waals surface area contributed by atoms with E-state index in [-0.39, 0.29) is 17.8 Å². The van der Waals surface area contributed by atoms with Crippen LogP contribution < -0.4 is 5.48 Å². The van der Waals surface area contributed by atoms with E-state index < -0.39 is 0 Å². The van der Waals surface area contributed by atoms with E-state index in [2.05, 4.69) is 10.4 Å². The smallest absolute Gasteiger partial charge is 0.324 e. The SMILES string of the molecule is CCC(=O)ON[C@H](CN1CCCC1)c1cccc(C(=O)Cc2ccccc2)c1. The molecule has 5 heteroatoms. The zero-order chi connectivity index (χ0) is 19.8. The molecule has 0 bridgehead atoms. The Labute approximate surface area is 166 Å². The van der Waals surface area contributed by atoms with Crippen molar-refractivity contribution < 1.29 is 14.4 Å². The van der Waals surface area contributed by atoms with Crippen LogP contribution >= 0.6 is 0 Å². The van der Waals surface area contributed by atoms with Gasteiger partial charge in [-0.25, -0.2) is 0 Å². The lowest BCUT2D eigenvalue weighted by atomic mass is 9.98. The van der Waals surface area contributed by atoms with Gasteiger partial charge in [0.15, 0.2) is 5.78 Å². The van der Waals surface area contributed by atoms with Gasteiger partial charge in [0.25, 0.3) is 0 Å². The highest BCUT2D eigenvalue weighted by Gasteiger charge is 2.21. The van der Waals surface area contributed by atoms with Crippen LogP contribution in [0.5, 0.6) is 0 Å². The molecule has 1 aliphatic rings. The molecule has 5 nitrogen and oxygen atoms in total. The molecule has 1 saturated heterocycles. The van der Waals surface area contributed by atoms with E-state index in [0.29, 0.717) is 18.4 Å². The number of carbonyl (C=O) groups is 2. The van der Waals surface area contributed by atoms with Crippen LogP contribution in [0, 0.1) is 0 Å². The summed E-state index contributed by atoms with van der Waals surface area (Å²) in [6.45, 7) is 4.61. The lowest BCUT2D eigenvalue weighted by Gasteiger charge is -2.24. The Morgan fingerprint density at radius 3 is 2.54 bits per heavy atom. The monoisotopic (exact) mass is 380 g/mol. The quantitative estimate of drug-likeness (QED) is 0.531. The van der Waals surface area contributed by atoms with Crippen molar-refractivity contribution in [2.45, 2.75) is 38.6 Å². The number of nitrogens with zero attached hydrogens (tertiary/aromatic N) is 1. The number of carbonyl (C=O) groups excluding carboxylic acids is 2. The van der Waals surface area contributed by atoms with Gasteiger partial charge in [-0.05, 0) is 43.1 Å². The van der Waals surface area contributed by atoms with Crippen LogP contribution in [0.1, 0.15) is 53.7 Å². The van der Waals surface area contributed by atoms with Crippen molar-refractivity contribution in [3.05, 3.63) is 71.3 Å². The molecule has 2 aromatic rings. The highest BCUT2D eigenvalue weighted by molar-refractivity contribution is 5.97. The zero-order valence-corrected chi connectivity index (χ0v) is 16.4. The molecule has 1 atom stereocenters. The number of Topliss-reactive ketones (excluding diaryl/α,β-unsaturated/α-hetero) is 1. The van der Waals surface area contributed by atoms with Gasteiger partial charge in [0.1, 0.15) is 0 Å². The minimum Gasteiger partial charge on any atom is -0.370 e. The summed E-state index contributed by atoms with van der Waals surface area (Å²) in [5, 5.41) is 0. The van der Waals surface area contributed by atoms with E-state index in [9.17, 15) is 9.59 Å². The predicted molar refractivity (Wildman–Crippen MR) is 109 cm³/mol. The maximum Gasteiger partial charge on any atom is 0.324 e. The highest BCUT2D eigenvalue weighted by Crippen LogP contribution is 2.20. The van der Waals surface area contributed by atoms with E-state index >= 15 is 0 Å². The number of hydrogen-bond acceptors (Lipinski definition) is 5. The summed E-state index contributed by atoms with van der Waals surface area (Å²) >= 11 is 0. The normalized spacial score (nSPS) is 15.3. The van der Waals surface area contributed by atoms with Crippen LogP contribution in [-0.2, 0) is 16.1 Å². The van der Waals surface area contributed by atoms with Gasteiger partial charge in [0.05, 0.1) is 6.04 Å². The largest absolute Gasteiger partial charge is 0.370 e. The Hall–Kier alpha value is -2.50. The molecule has 1 fully saturated rings. The maximum absolute atomic E-state index is 12.7. The molecule has 3 rings (SSSR count). The van der Waals surface area contributed by atoms with E-state index in [1.165, 1.54) is 12.8 Å². The summed E-state index contributed by atoms with van der Waals surface area (Å²) in [6, 6.07) is 17.2. The molecule has 0 spiro atoms. The lowest BCUT2D eigenvalue weighted by molar-refractivity contribution is -0.153. The van der Waals surface area contributed by atoms with Crippen LogP contribution in [0.2, 0.25) is 0 Å². The van der Waals surface area contributed by atoms with Crippen molar-refractivity contribution in [3.8, 4) is 0 Å². The number of rotatable bonds is 9. The Bertz CT molecular complexity index is 785. The van der Waals surface area contributed by atoms with Gasteiger partial charge in [0.2, 0.25) is 0 Å². The summed E-state index contributed by atoms with van der Waals surface area (Å²) in [7, 11) is 0. The third-order valence-corrected chi connectivity index (χ3v) is 5.06. The summed E-state index contributed by atoms with van der Waals surface area (Å²) in [4.78, 5) is 31.9. The molecule has 28 heavy (non-hydrogen) atoms. The Kier molecular flexibility index (Phi) is 7.34. The first-order chi connectivity index (χ1) is 13.7. The number of hydroxylamine groups is 1. The van der Waals surface area contributed by atoms with Gasteiger partial charge < -0.3 is 9.74 Å². The summed E-state index contributed by atoms with van der Waals surface area (Å²) in [5.74, 6) is -0.207. The topological polar surface area (TPSA) is 58.6 Å². The maximum atomic E-state index is 12.7. The minimum atomic E-state index is -0.289. The predicted octanol–water partition coefficient (Wildman–Crippen LogP) is 3.71. The number of likely N-dealkylation sites (tertiary alicyclic amines) is 1. The fourth-order valence-electron chi connectivity index (χ4n) is 3.46. The van der Waals surface area contributed by atoms with Crippen LogP contribution in [0.3, 0.4) is 0 Å². The molecule has 0 aliphatic carbocycles. The van der Waals surface area contributed by atoms with Gasteiger partial charge in [-0.1, -0.05) is 55.5 Å². The molecule has 0 unspecified atom stereocenters. The van der Waals surface area contributed by atoms with Crippen LogP contribution in [-0.4, -0.2) is 36.3 Å². The minimum absolute atomic E-state index is 0.0820. The Morgan fingerprint density at radius 1 is 1.07 bits per heavy atom. The first-order valence-corrected chi connectivity index (χ1v) is 10.0. The fourth-order valence-corrected chi connectivity index (χ4v) is 3.46. The van der Waals surface area contributed by atoms with E-state index in [0.717, 1.165) is 30.8 Å². The van der Waals surface area contributed by atoms with E-state index in [1.807, 2.05) is 54.6 Å². The summed E-state index contributed by atoms with van der Waals surface area (Å²) < 4.78 is 0. The lowest BCUT2D eigenvalue weighted by Crippen LogP contribution is -2.35. The van der Waals surface area contributed by atoms with E-state index in [4.69, 9.17) is 4.84 Å². The molecule has 1 aliphatic heterocycles. The fraction of sp³-hybridized carbons (Fsp3) is 0.391. The molecule has 0 saturated carbocycles. The average molecular weight is 380 g/mol. The van der Waals surface area contributed by atoms with Crippen LogP contribution in [0.25, 0.3) is 0 Å². The molecule has 1 heterocycles. The first kappa shape index (κ1) is 20.2. The number of ketones is 1. The van der Waals surface area contributed by atoms with Crippen molar-refractivity contribution in [2.24, 2.45) is 0 Å². The van der Waals surface area contributed by atoms with Gasteiger partial charge in [-0.15, -0.1) is 5.48 Å². The molecule has 148 valence electrons. The third kappa shape index (κ3) is 5.75. The van der Waals surface area contributed by atoms with Crippen molar-refractivity contribution in [3.63, 3.8) is 0 Å². The number of benzene rings is 2. The van der Waals surface area contributed by atoms with E-state index in [1.54, 1.807) is 6.92 Å². The highest BCUT2D eigenvalue weighted by atomic mass is 16.7. The standard InChI is InChI=1S/C23H28N2O3/c1-2-23(27)28-24-21(17-25-13-6-7-14-25)19-11-8-12-20(16-19)22(26)15-18-9-4-3-5-10-18/h3-5,8-12,16,21,24H,2,6-7,13-15,17H2,1H3/t21-/m1/s1. The summed E-state index contributed by atoms with van der Waals surface area (Å²) in [5.41, 5.74) is 5.56. The van der Waals surface area contributed by atoms with Gasteiger partial charge in [-0.3, -0.25) is 9.59 Å². The summed E-state index contributed by atoms with van der Waals surface area (Å²) in [6.07, 6.45) is 3.08. The second-order valence-corrected chi connectivity index (χ2v) is 7.22. The van der Waals surface area contributed by atoms with Crippen molar-refractivity contribution in [2.75, 3.05) is 19.6 Å². The Balaban J connectivity index is 1.74. The van der Waals surface area contributed by atoms with Crippen LogP contribution in [0.4, 0.5) is 0 Å². The number of hydrogen-bond donors (Lipinski definition) is 1. The van der Waals surface area contributed by atoms with Crippen LogP contribution in [0.15, 0.2) is 54.6 Å². The average Bonchev–Trinajstić information content (AvgIpc) is 3.25. The molecular weight excluding hydrogens is 352 g/mol. The third-order valence-electron chi connectivity index (χ3n) is 5.06. The molecule has 0 amide bonds.